The van der Waals surface area contributed by atoms with Crippen LogP contribution in [-0.2, 0) is 4.79 Å². The third-order valence-corrected chi connectivity index (χ3v) is 7.65. The summed E-state index contributed by atoms with van der Waals surface area (Å²) in [5, 5.41) is 10.2. The maximum atomic E-state index is 15.1. The van der Waals surface area contributed by atoms with Gasteiger partial charge in [0.15, 0.2) is 11.0 Å². The molecule has 2 heterocycles. The average molecular weight is 656 g/mol. The maximum absolute atomic E-state index is 15.1. The number of amides is 3. The third-order valence-electron chi connectivity index (χ3n) is 6.73. The predicted molar refractivity (Wildman–Crippen MR) is 169 cm³/mol. The molecule has 1 aliphatic heterocycles. The lowest BCUT2D eigenvalue weighted by Crippen LogP contribution is -2.31. The second-order valence-corrected chi connectivity index (χ2v) is 11.4. The summed E-state index contributed by atoms with van der Waals surface area (Å²) < 4.78 is 57.6. The number of thioether (sulfide) groups is 1. The molecule has 10 nitrogen and oxygen atoms in total. The van der Waals surface area contributed by atoms with Gasteiger partial charge in [-0.2, -0.15) is 4.99 Å². The molecule has 1 aromatic heterocycles. The molecule has 0 unspecified atom stereocenters. The molecule has 0 spiro atoms. The summed E-state index contributed by atoms with van der Waals surface area (Å²) in [6, 6.07) is 13.9. The van der Waals surface area contributed by atoms with Gasteiger partial charge in [-0.15, -0.1) is 18.3 Å². The molecule has 0 bridgehead atoms. The van der Waals surface area contributed by atoms with Crippen LogP contribution in [0.1, 0.15) is 38.7 Å². The van der Waals surface area contributed by atoms with Gasteiger partial charge in [0.1, 0.15) is 17.9 Å². The zero-order chi connectivity index (χ0) is 33.0. The van der Waals surface area contributed by atoms with E-state index in [0.29, 0.717) is 16.9 Å². The molecule has 1 saturated heterocycles. The molecule has 2 N–H and O–H groups in total. The van der Waals surface area contributed by atoms with Crippen molar-refractivity contribution in [1.29, 1.82) is 0 Å². The number of carbonyl (C=O) groups is 2. The Morgan fingerprint density at radius 2 is 1.87 bits per heavy atom. The number of hydrogen-bond donors (Lipinski definition) is 2. The van der Waals surface area contributed by atoms with Gasteiger partial charge in [0.05, 0.1) is 22.8 Å². The Bertz CT molecular complexity index is 1770. The van der Waals surface area contributed by atoms with Crippen LogP contribution in [0.25, 0.3) is 17.1 Å². The Hall–Kier alpha value is -4.92. The minimum Gasteiger partial charge on any atom is -0.406 e. The van der Waals surface area contributed by atoms with Crippen molar-refractivity contribution >= 4 is 45.9 Å². The number of ether oxygens (including phenoxy) is 1. The average Bonchev–Trinajstić information content (AvgIpc) is 3.63. The van der Waals surface area contributed by atoms with Crippen LogP contribution in [0.5, 0.6) is 5.75 Å². The van der Waals surface area contributed by atoms with E-state index in [9.17, 15) is 22.8 Å². The van der Waals surface area contributed by atoms with E-state index >= 15 is 4.39 Å². The first-order valence-electron chi connectivity index (χ1n) is 14.2. The number of nitrogens with zero attached hydrogens (tertiary/aromatic N) is 5. The van der Waals surface area contributed by atoms with Gasteiger partial charge in [0, 0.05) is 17.8 Å². The molecule has 1 aliphatic rings. The molecule has 3 aromatic carbocycles. The van der Waals surface area contributed by atoms with E-state index in [1.165, 1.54) is 40.2 Å². The standard InChI is InChI=1S/C31H29F4N7O3S/c1-4-13-36-20-6-11-23(18(2)3)26(15-20)42-27(43)16-46-30(42)39-29(44)38-25-12-5-19(14-24(25)32)28-37-17-41(40-28)21-7-9-22(10-8-21)45-31(33,34)35/h5-12,14-15,17-18,36H,4,13,16H2,1-3H3,(H,38,44)/b39-30-. The number of amidine groups is 1. The van der Waals surface area contributed by atoms with Gasteiger partial charge >= 0.3 is 12.4 Å². The number of rotatable bonds is 9. The zero-order valence-electron chi connectivity index (χ0n) is 24.9. The van der Waals surface area contributed by atoms with Crippen LogP contribution in [0, 0.1) is 5.82 Å². The molecule has 0 atom stereocenters. The van der Waals surface area contributed by atoms with Crippen molar-refractivity contribution < 1.29 is 31.9 Å². The highest BCUT2D eigenvalue weighted by atomic mass is 32.2. The van der Waals surface area contributed by atoms with E-state index in [4.69, 9.17) is 0 Å². The summed E-state index contributed by atoms with van der Waals surface area (Å²) >= 11 is 1.12. The third kappa shape index (κ3) is 7.65. The molecule has 46 heavy (non-hydrogen) atoms. The minimum atomic E-state index is -4.81. The van der Waals surface area contributed by atoms with Gasteiger partial charge in [-0.3, -0.25) is 9.69 Å². The first kappa shape index (κ1) is 32.5. The second kappa shape index (κ2) is 13.6. The lowest BCUT2D eigenvalue weighted by atomic mass is 9.99. The Morgan fingerprint density at radius 1 is 1.11 bits per heavy atom. The molecular weight excluding hydrogens is 626 g/mol. The summed E-state index contributed by atoms with van der Waals surface area (Å²) in [7, 11) is 0. The van der Waals surface area contributed by atoms with E-state index in [-0.39, 0.29) is 40.0 Å². The summed E-state index contributed by atoms with van der Waals surface area (Å²) in [6.07, 6.45) is -2.56. The van der Waals surface area contributed by atoms with E-state index < -0.39 is 18.2 Å². The van der Waals surface area contributed by atoms with Crippen LogP contribution in [0.15, 0.2) is 72.0 Å². The highest BCUT2D eigenvalue weighted by molar-refractivity contribution is 8.15. The fraction of sp³-hybridized carbons (Fsp3) is 0.258. The van der Waals surface area contributed by atoms with E-state index in [1.807, 2.05) is 39.0 Å². The summed E-state index contributed by atoms with van der Waals surface area (Å²) in [5.41, 5.74) is 2.93. The quantitative estimate of drug-likeness (QED) is 0.179. The smallest absolute Gasteiger partial charge is 0.406 e. The Morgan fingerprint density at radius 3 is 2.54 bits per heavy atom. The molecule has 0 aliphatic carbocycles. The number of carbonyl (C=O) groups excluding carboxylic acids is 2. The van der Waals surface area contributed by atoms with Crippen molar-refractivity contribution in [3.63, 3.8) is 0 Å². The highest BCUT2D eigenvalue weighted by Gasteiger charge is 2.33. The van der Waals surface area contributed by atoms with Crippen molar-refractivity contribution in [2.45, 2.75) is 39.5 Å². The van der Waals surface area contributed by atoms with E-state index in [1.54, 1.807) is 0 Å². The van der Waals surface area contributed by atoms with E-state index in [2.05, 4.69) is 30.4 Å². The second-order valence-electron chi connectivity index (χ2n) is 10.4. The number of hydrogen-bond acceptors (Lipinski definition) is 7. The Balaban J connectivity index is 1.31. The van der Waals surface area contributed by atoms with Crippen LogP contribution in [0.4, 0.5) is 39.4 Å². The Kier molecular flexibility index (Phi) is 9.60. The highest BCUT2D eigenvalue weighted by Crippen LogP contribution is 2.36. The number of halogens is 4. The normalized spacial score (nSPS) is 14.3. The molecule has 1 fully saturated rings. The summed E-state index contributed by atoms with van der Waals surface area (Å²) in [5.74, 6) is -1.05. The SMILES string of the molecule is CCCNc1ccc(C(C)C)c(N2C(=O)CS/C2=N\C(=O)Nc2ccc(-c3ncn(-c4ccc(OC(F)(F)F)cc4)n3)cc2F)c1. The Labute approximate surface area is 265 Å². The monoisotopic (exact) mass is 655 g/mol. The minimum absolute atomic E-state index is 0.0932. The van der Waals surface area contributed by atoms with Gasteiger partial charge in [0.25, 0.3) is 0 Å². The number of aliphatic imine (C=N–C) groups is 1. The molecule has 5 rings (SSSR count). The van der Waals surface area contributed by atoms with Crippen molar-refractivity contribution in [2.24, 2.45) is 4.99 Å². The lowest BCUT2D eigenvalue weighted by molar-refractivity contribution is -0.274. The lowest BCUT2D eigenvalue weighted by Gasteiger charge is -2.23. The number of alkyl halides is 3. The molecular formula is C31H29F4N7O3S. The maximum Gasteiger partial charge on any atom is 0.573 e. The van der Waals surface area contributed by atoms with Gasteiger partial charge in [0.2, 0.25) is 5.91 Å². The molecule has 4 aromatic rings. The zero-order valence-corrected chi connectivity index (χ0v) is 25.7. The fourth-order valence-electron chi connectivity index (χ4n) is 4.59. The predicted octanol–water partition coefficient (Wildman–Crippen LogP) is 7.59. The van der Waals surface area contributed by atoms with Crippen LogP contribution in [-0.4, -0.2) is 50.5 Å². The largest absolute Gasteiger partial charge is 0.573 e. The van der Waals surface area contributed by atoms with Crippen LogP contribution < -0.4 is 20.3 Å². The van der Waals surface area contributed by atoms with Gasteiger partial charge in [-0.05, 0) is 72.5 Å². The number of anilines is 3. The van der Waals surface area contributed by atoms with Crippen LogP contribution >= 0.6 is 11.8 Å². The van der Waals surface area contributed by atoms with Crippen LogP contribution in [0.2, 0.25) is 0 Å². The molecule has 0 radical (unpaired) electrons. The fourth-order valence-corrected chi connectivity index (χ4v) is 5.45. The number of urea groups is 1. The molecule has 240 valence electrons. The number of benzene rings is 3. The summed E-state index contributed by atoms with van der Waals surface area (Å²) in [6.45, 7) is 6.83. The van der Waals surface area contributed by atoms with Gasteiger partial charge in [-0.1, -0.05) is 38.6 Å². The van der Waals surface area contributed by atoms with Crippen molar-refractivity contribution in [3.05, 3.63) is 78.4 Å². The molecule has 15 heteroatoms. The number of nitrogens with one attached hydrogen (secondary N) is 2. The molecule has 0 saturated carbocycles. The van der Waals surface area contributed by atoms with Gasteiger partial charge in [-0.25, -0.2) is 18.9 Å². The van der Waals surface area contributed by atoms with Gasteiger partial charge < -0.3 is 15.4 Å². The van der Waals surface area contributed by atoms with Crippen molar-refractivity contribution in [2.75, 3.05) is 27.8 Å². The van der Waals surface area contributed by atoms with Crippen molar-refractivity contribution in [1.82, 2.24) is 14.8 Å². The molecule has 3 amide bonds. The van der Waals surface area contributed by atoms with Crippen LogP contribution in [0.3, 0.4) is 0 Å². The first-order valence-corrected chi connectivity index (χ1v) is 15.2. The topological polar surface area (TPSA) is 114 Å². The van der Waals surface area contributed by atoms with Crippen molar-refractivity contribution in [3.8, 4) is 22.8 Å². The first-order chi connectivity index (χ1) is 21.9. The number of aromatic nitrogens is 3. The van der Waals surface area contributed by atoms with E-state index in [0.717, 1.165) is 54.2 Å². The summed E-state index contributed by atoms with van der Waals surface area (Å²) in [4.78, 5) is 35.6.